The van der Waals surface area contributed by atoms with Gasteiger partial charge in [-0.1, -0.05) is 0 Å². The highest BCUT2D eigenvalue weighted by atomic mass is 79.9. The lowest BCUT2D eigenvalue weighted by Crippen LogP contribution is -2.05. The third kappa shape index (κ3) is 4.45. The zero-order chi connectivity index (χ0) is 19.6. The number of esters is 2. The molecule has 0 N–H and O–H groups in total. The van der Waals surface area contributed by atoms with Gasteiger partial charge in [-0.3, -0.25) is 4.79 Å². The first kappa shape index (κ1) is 19.3. The molecule has 6 nitrogen and oxygen atoms in total. The number of methoxy groups -OCH3 is 1. The molecule has 0 aliphatic carbocycles. The molecule has 138 valence electrons. The van der Waals surface area contributed by atoms with Crippen molar-refractivity contribution in [1.29, 1.82) is 0 Å². The second-order valence-electron chi connectivity index (χ2n) is 5.47. The van der Waals surface area contributed by atoms with Gasteiger partial charge in [0, 0.05) is 12.5 Å². The van der Waals surface area contributed by atoms with E-state index in [-0.39, 0.29) is 11.6 Å². The van der Waals surface area contributed by atoms with Gasteiger partial charge in [0.1, 0.15) is 5.75 Å². The Morgan fingerprint density at radius 3 is 2.33 bits per heavy atom. The number of ether oxygens (including phenoxy) is 3. The fourth-order valence-corrected chi connectivity index (χ4v) is 3.71. The quantitative estimate of drug-likeness (QED) is 0.355. The minimum absolute atomic E-state index is 0.167. The number of carbonyl (C=O) groups excluding carboxylic acids is 2. The lowest BCUT2D eigenvalue weighted by molar-refractivity contribution is -0.132. The average molecular weight is 495 g/mol. The summed E-state index contributed by atoms with van der Waals surface area (Å²) in [5, 5.41) is 0. The van der Waals surface area contributed by atoms with Gasteiger partial charge in [-0.15, -0.1) is 0 Å². The number of hydrogen-bond donors (Lipinski definition) is 0. The second kappa shape index (κ2) is 8.06. The molecule has 0 saturated heterocycles. The first-order valence-electron chi connectivity index (χ1n) is 7.72. The number of carbonyl (C=O) groups is 2. The van der Waals surface area contributed by atoms with Crippen LogP contribution < -0.4 is 9.47 Å². The number of halogens is 2. The standard InChI is InChI=1S/C19H13Br2NO5/c1-10(23)26-17-14(20)7-11(8-15(17)21)9-16-19(24)27-18(22-16)12-3-5-13(25-2)6-4-12/h3-9H,1-2H3/b16-9+. The summed E-state index contributed by atoms with van der Waals surface area (Å²) in [5.41, 5.74) is 1.51. The molecule has 1 heterocycles. The van der Waals surface area contributed by atoms with E-state index in [2.05, 4.69) is 36.9 Å². The zero-order valence-corrected chi connectivity index (χ0v) is 17.5. The molecular formula is C19H13Br2NO5. The first-order chi connectivity index (χ1) is 12.9. The summed E-state index contributed by atoms with van der Waals surface area (Å²) >= 11 is 6.71. The minimum atomic E-state index is -0.544. The molecular weight excluding hydrogens is 482 g/mol. The van der Waals surface area contributed by atoms with Crippen LogP contribution in [0.25, 0.3) is 6.08 Å². The maximum Gasteiger partial charge on any atom is 0.363 e. The van der Waals surface area contributed by atoms with E-state index in [9.17, 15) is 9.59 Å². The molecule has 0 atom stereocenters. The van der Waals surface area contributed by atoms with Crippen LogP contribution >= 0.6 is 31.9 Å². The average Bonchev–Trinajstić information content (AvgIpc) is 2.99. The molecule has 0 bridgehead atoms. The Labute approximate surface area is 172 Å². The van der Waals surface area contributed by atoms with Gasteiger partial charge in [0.2, 0.25) is 5.90 Å². The summed E-state index contributed by atoms with van der Waals surface area (Å²) in [7, 11) is 1.58. The first-order valence-corrected chi connectivity index (χ1v) is 9.30. The highest BCUT2D eigenvalue weighted by Crippen LogP contribution is 2.36. The SMILES string of the molecule is COc1ccc(C2=N/C(=C/c3cc(Br)c(OC(C)=O)c(Br)c3)C(=O)O2)cc1. The monoisotopic (exact) mass is 493 g/mol. The van der Waals surface area contributed by atoms with Gasteiger partial charge in [0.05, 0.1) is 16.1 Å². The van der Waals surface area contributed by atoms with Crippen LogP contribution in [0.2, 0.25) is 0 Å². The molecule has 2 aromatic rings. The topological polar surface area (TPSA) is 74.2 Å². The Bertz CT molecular complexity index is 957. The molecule has 0 saturated carbocycles. The van der Waals surface area contributed by atoms with E-state index in [1.165, 1.54) is 6.92 Å². The van der Waals surface area contributed by atoms with Crippen molar-refractivity contribution in [1.82, 2.24) is 0 Å². The number of hydrogen-bond acceptors (Lipinski definition) is 6. The van der Waals surface area contributed by atoms with Crippen molar-refractivity contribution in [3.63, 3.8) is 0 Å². The molecule has 27 heavy (non-hydrogen) atoms. The molecule has 0 unspecified atom stereocenters. The highest BCUT2D eigenvalue weighted by Gasteiger charge is 2.24. The van der Waals surface area contributed by atoms with Crippen molar-refractivity contribution in [2.45, 2.75) is 6.92 Å². The van der Waals surface area contributed by atoms with Gasteiger partial charge in [-0.05, 0) is 79.9 Å². The maximum atomic E-state index is 12.1. The molecule has 0 amide bonds. The lowest BCUT2D eigenvalue weighted by Gasteiger charge is -2.08. The van der Waals surface area contributed by atoms with Crippen molar-refractivity contribution in [2.24, 2.45) is 4.99 Å². The summed E-state index contributed by atoms with van der Waals surface area (Å²) < 4.78 is 16.6. The molecule has 0 aromatic heterocycles. The summed E-state index contributed by atoms with van der Waals surface area (Å²) in [6, 6.07) is 10.5. The molecule has 0 fully saturated rings. The Kier molecular flexibility index (Phi) is 5.76. The Morgan fingerprint density at radius 2 is 1.78 bits per heavy atom. The van der Waals surface area contributed by atoms with E-state index in [0.717, 1.165) is 0 Å². The number of aliphatic imine (C=N–C) groups is 1. The predicted molar refractivity (Wildman–Crippen MR) is 107 cm³/mol. The van der Waals surface area contributed by atoms with Crippen LogP contribution in [0.4, 0.5) is 0 Å². The molecule has 1 aliphatic heterocycles. The number of rotatable bonds is 4. The van der Waals surface area contributed by atoms with E-state index < -0.39 is 11.9 Å². The van der Waals surface area contributed by atoms with Crippen LogP contribution in [-0.4, -0.2) is 24.9 Å². The van der Waals surface area contributed by atoms with E-state index in [0.29, 0.717) is 31.6 Å². The van der Waals surface area contributed by atoms with E-state index >= 15 is 0 Å². The Balaban J connectivity index is 1.91. The largest absolute Gasteiger partial charge is 0.497 e. The van der Waals surface area contributed by atoms with Crippen molar-refractivity contribution < 1.29 is 23.8 Å². The molecule has 2 aromatic carbocycles. The Hall–Kier alpha value is -2.45. The van der Waals surface area contributed by atoms with Gasteiger partial charge in [-0.2, -0.15) is 0 Å². The molecule has 0 spiro atoms. The molecule has 3 rings (SSSR count). The van der Waals surface area contributed by atoms with Crippen molar-refractivity contribution in [2.75, 3.05) is 7.11 Å². The van der Waals surface area contributed by atoms with Crippen LogP contribution in [0.15, 0.2) is 56.0 Å². The molecule has 0 radical (unpaired) electrons. The minimum Gasteiger partial charge on any atom is -0.497 e. The lowest BCUT2D eigenvalue weighted by atomic mass is 10.2. The van der Waals surface area contributed by atoms with Crippen LogP contribution in [-0.2, 0) is 14.3 Å². The smallest absolute Gasteiger partial charge is 0.363 e. The highest BCUT2D eigenvalue weighted by molar-refractivity contribution is 9.11. The second-order valence-corrected chi connectivity index (χ2v) is 7.18. The van der Waals surface area contributed by atoms with Crippen molar-refractivity contribution in [3.05, 3.63) is 62.2 Å². The normalized spacial score (nSPS) is 14.7. The number of benzene rings is 2. The van der Waals surface area contributed by atoms with Gasteiger partial charge in [0.15, 0.2) is 11.4 Å². The van der Waals surface area contributed by atoms with Crippen molar-refractivity contribution >= 4 is 55.8 Å². The van der Waals surface area contributed by atoms with Crippen LogP contribution in [0.5, 0.6) is 11.5 Å². The summed E-state index contributed by atoms with van der Waals surface area (Å²) in [4.78, 5) is 27.6. The van der Waals surface area contributed by atoms with Crippen LogP contribution in [0, 0.1) is 0 Å². The Morgan fingerprint density at radius 1 is 1.15 bits per heavy atom. The fourth-order valence-electron chi connectivity index (χ4n) is 2.33. The summed E-state index contributed by atoms with van der Waals surface area (Å²) in [6.45, 7) is 1.32. The van der Waals surface area contributed by atoms with Gasteiger partial charge in [-0.25, -0.2) is 9.79 Å². The third-order valence-electron chi connectivity index (χ3n) is 3.53. The van der Waals surface area contributed by atoms with Gasteiger partial charge < -0.3 is 14.2 Å². The van der Waals surface area contributed by atoms with E-state index in [4.69, 9.17) is 14.2 Å². The zero-order valence-electron chi connectivity index (χ0n) is 14.3. The van der Waals surface area contributed by atoms with Gasteiger partial charge in [0.25, 0.3) is 0 Å². The maximum absolute atomic E-state index is 12.1. The summed E-state index contributed by atoms with van der Waals surface area (Å²) in [6.07, 6.45) is 1.59. The number of cyclic esters (lactones) is 1. The molecule has 1 aliphatic rings. The molecule has 8 heteroatoms. The third-order valence-corrected chi connectivity index (χ3v) is 4.71. The number of nitrogens with zero attached hydrogens (tertiary/aromatic N) is 1. The summed E-state index contributed by atoms with van der Waals surface area (Å²) in [5.74, 6) is 0.305. The van der Waals surface area contributed by atoms with E-state index in [1.807, 2.05) is 0 Å². The van der Waals surface area contributed by atoms with Crippen molar-refractivity contribution in [3.8, 4) is 11.5 Å². The van der Waals surface area contributed by atoms with E-state index in [1.54, 1.807) is 49.6 Å². The van der Waals surface area contributed by atoms with Crippen LogP contribution in [0.3, 0.4) is 0 Å². The van der Waals surface area contributed by atoms with Gasteiger partial charge >= 0.3 is 11.9 Å². The predicted octanol–water partition coefficient (Wildman–Crippen LogP) is 4.49. The fraction of sp³-hybridized carbons (Fsp3) is 0.105. The van der Waals surface area contributed by atoms with Crippen LogP contribution in [0.1, 0.15) is 18.1 Å².